The predicted molar refractivity (Wildman–Crippen MR) is 79.4 cm³/mol. The van der Waals surface area contributed by atoms with E-state index in [9.17, 15) is 4.21 Å². The van der Waals surface area contributed by atoms with Crippen LogP contribution in [0.5, 0.6) is 0 Å². The summed E-state index contributed by atoms with van der Waals surface area (Å²) in [6, 6.07) is 15.0. The largest absolute Gasteiger partial charge is 0.392 e. The van der Waals surface area contributed by atoms with Crippen LogP contribution in [-0.4, -0.2) is 9.32 Å². The second-order valence-corrected chi connectivity index (χ2v) is 6.23. The van der Waals surface area contributed by atoms with Gasteiger partial charge in [-0.25, -0.2) is 0 Å². The highest BCUT2D eigenvalue weighted by Crippen LogP contribution is 2.14. The summed E-state index contributed by atoms with van der Waals surface area (Å²) < 4.78 is 12.1. The lowest BCUT2D eigenvalue weighted by Crippen LogP contribution is -1.99. The minimum Gasteiger partial charge on any atom is -0.392 e. The molecule has 0 aromatic heterocycles. The number of aliphatic hydroxyl groups is 1. The van der Waals surface area contributed by atoms with Gasteiger partial charge in [-0.1, -0.05) is 48.0 Å². The van der Waals surface area contributed by atoms with E-state index >= 15 is 0 Å². The lowest BCUT2D eigenvalue weighted by Gasteiger charge is -2.04. The summed E-state index contributed by atoms with van der Waals surface area (Å²) in [7, 11) is -0.960. The summed E-state index contributed by atoms with van der Waals surface area (Å²) >= 11 is 5.90. The second-order valence-electron chi connectivity index (χ2n) is 4.33. The standard InChI is InChI=1S/C15H15ClO2S/c16-15-3-1-2-14(8-15)11-19(18)10-13-6-4-12(9-17)5-7-13/h1-8,17H,9-11H2. The Morgan fingerprint density at radius 1 is 0.947 bits per heavy atom. The van der Waals surface area contributed by atoms with Crippen LogP contribution in [0.4, 0.5) is 0 Å². The molecule has 0 aliphatic rings. The van der Waals surface area contributed by atoms with Gasteiger partial charge in [0.2, 0.25) is 0 Å². The van der Waals surface area contributed by atoms with Gasteiger partial charge in [0.05, 0.1) is 6.61 Å². The van der Waals surface area contributed by atoms with Gasteiger partial charge in [0.1, 0.15) is 0 Å². The van der Waals surface area contributed by atoms with Crippen LogP contribution in [0.3, 0.4) is 0 Å². The molecule has 0 amide bonds. The van der Waals surface area contributed by atoms with Gasteiger partial charge >= 0.3 is 0 Å². The zero-order chi connectivity index (χ0) is 13.7. The van der Waals surface area contributed by atoms with E-state index in [-0.39, 0.29) is 6.61 Å². The Bertz CT molecular complexity index is 567. The van der Waals surface area contributed by atoms with E-state index in [1.165, 1.54) is 0 Å². The lowest BCUT2D eigenvalue weighted by atomic mass is 10.2. The lowest BCUT2D eigenvalue weighted by molar-refractivity contribution is 0.282. The maximum absolute atomic E-state index is 12.1. The molecule has 4 heteroatoms. The van der Waals surface area contributed by atoms with Crippen molar-refractivity contribution in [2.24, 2.45) is 0 Å². The quantitative estimate of drug-likeness (QED) is 0.919. The van der Waals surface area contributed by atoms with Crippen molar-refractivity contribution < 1.29 is 9.32 Å². The molecule has 100 valence electrons. The van der Waals surface area contributed by atoms with Gasteiger partial charge in [0.15, 0.2) is 0 Å². The highest BCUT2D eigenvalue weighted by molar-refractivity contribution is 7.83. The third-order valence-electron chi connectivity index (χ3n) is 2.75. The number of hydrogen-bond acceptors (Lipinski definition) is 2. The van der Waals surface area contributed by atoms with Gasteiger partial charge in [-0.2, -0.15) is 0 Å². The molecule has 0 radical (unpaired) electrons. The van der Waals surface area contributed by atoms with E-state index in [1.807, 2.05) is 48.5 Å². The van der Waals surface area contributed by atoms with Crippen molar-refractivity contribution in [3.8, 4) is 0 Å². The molecular formula is C15H15ClO2S. The van der Waals surface area contributed by atoms with Crippen molar-refractivity contribution in [2.45, 2.75) is 18.1 Å². The van der Waals surface area contributed by atoms with Crippen molar-refractivity contribution in [1.29, 1.82) is 0 Å². The molecule has 1 unspecified atom stereocenters. The smallest absolute Gasteiger partial charge is 0.0681 e. The Balaban J connectivity index is 1.97. The van der Waals surface area contributed by atoms with Gasteiger partial charge in [0, 0.05) is 27.3 Å². The van der Waals surface area contributed by atoms with Gasteiger partial charge in [-0.15, -0.1) is 0 Å². The zero-order valence-electron chi connectivity index (χ0n) is 10.4. The summed E-state index contributed by atoms with van der Waals surface area (Å²) in [4.78, 5) is 0. The molecule has 1 atom stereocenters. The molecule has 2 nitrogen and oxygen atoms in total. The van der Waals surface area contributed by atoms with Crippen LogP contribution in [0.1, 0.15) is 16.7 Å². The Kier molecular flexibility index (Phi) is 5.14. The molecule has 0 bridgehead atoms. The molecule has 0 fully saturated rings. The number of hydrogen-bond donors (Lipinski definition) is 1. The summed E-state index contributed by atoms with van der Waals surface area (Å²) in [6.45, 7) is 0.0336. The average Bonchev–Trinajstić information content (AvgIpc) is 2.39. The van der Waals surface area contributed by atoms with E-state index in [0.717, 1.165) is 16.7 Å². The Labute approximate surface area is 120 Å². The molecule has 2 aromatic carbocycles. The Morgan fingerprint density at radius 2 is 1.58 bits per heavy atom. The fourth-order valence-corrected chi connectivity index (χ4v) is 3.22. The SMILES string of the molecule is O=S(Cc1ccc(CO)cc1)Cc1cccc(Cl)c1. The van der Waals surface area contributed by atoms with Crippen molar-refractivity contribution in [2.75, 3.05) is 0 Å². The second kappa shape index (κ2) is 6.85. The van der Waals surface area contributed by atoms with Gasteiger partial charge in [-0.3, -0.25) is 4.21 Å². The maximum atomic E-state index is 12.1. The molecule has 0 aliphatic heterocycles. The van der Waals surface area contributed by atoms with E-state index in [2.05, 4.69) is 0 Å². The molecule has 0 heterocycles. The van der Waals surface area contributed by atoms with Crippen molar-refractivity contribution in [1.82, 2.24) is 0 Å². The Hall–Kier alpha value is -1.16. The fraction of sp³-hybridized carbons (Fsp3) is 0.200. The monoisotopic (exact) mass is 294 g/mol. The summed E-state index contributed by atoms with van der Waals surface area (Å²) in [6.07, 6.45) is 0. The highest BCUT2D eigenvalue weighted by atomic mass is 35.5. The molecule has 0 aliphatic carbocycles. The van der Waals surface area contributed by atoms with Crippen LogP contribution in [0.25, 0.3) is 0 Å². The van der Waals surface area contributed by atoms with Crippen LogP contribution in [0, 0.1) is 0 Å². The number of rotatable bonds is 5. The minimum absolute atomic E-state index is 0.0336. The van der Waals surface area contributed by atoms with E-state index in [1.54, 1.807) is 0 Å². The van der Waals surface area contributed by atoms with Crippen molar-refractivity contribution >= 4 is 22.4 Å². The van der Waals surface area contributed by atoms with Crippen LogP contribution in [0.15, 0.2) is 48.5 Å². The van der Waals surface area contributed by atoms with Gasteiger partial charge in [-0.05, 0) is 28.8 Å². The van der Waals surface area contributed by atoms with Crippen LogP contribution < -0.4 is 0 Å². The first-order valence-corrected chi connectivity index (χ1v) is 7.82. The molecule has 2 rings (SSSR count). The average molecular weight is 295 g/mol. The molecule has 0 spiro atoms. The molecule has 0 saturated heterocycles. The molecule has 2 aromatic rings. The summed E-state index contributed by atoms with van der Waals surface area (Å²) in [5, 5.41) is 9.63. The maximum Gasteiger partial charge on any atom is 0.0681 e. The van der Waals surface area contributed by atoms with Crippen LogP contribution in [-0.2, 0) is 28.9 Å². The molecule has 1 N–H and O–H groups in total. The highest BCUT2D eigenvalue weighted by Gasteiger charge is 2.04. The van der Waals surface area contributed by atoms with Gasteiger partial charge < -0.3 is 5.11 Å². The first-order chi connectivity index (χ1) is 9.17. The first kappa shape index (κ1) is 14.3. The third kappa shape index (κ3) is 4.46. The van der Waals surface area contributed by atoms with E-state index in [0.29, 0.717) is 16.5 Å². The predicted octanol–water partition coefficient (Wildman–Crippen LogP) is 3.28. The Morgan fingerprint density at radius 3 is 2.21 bits per heavy atom. The number of benzene rings is 2. The first-order valence-electron chi connectivity index (χ1n) is 5.95. The molecule has 19 heavy (non-hydrogen) atoms. The number of halogens is 1. The van der Waals surface area contributed by atoms with Crippen molar-refractivity contribution in [3.05, 3.63) is 70.2 Å². The van der Waals surface area contributed by atoms with Gasteiger partial charge in [0.25, 0.3) is 0 Å². The number of aliphatic hydroxyl groups excluding tert-OH is 1. The zero-order valence-corrected chi connectivity index (χ0v) is 12.0. The normalized spacial score (nSPS) is 12.3. The van der Waals surface area contributed by atoms with E-state index < -0.39 is 10.8 Å². The van der Waals surface area contributed by atoms with E-state index in [4.69, 9.17) is 16.7 Å². The van der Waals surface area contributed by atoms with Crippen molar-refractivity contribution in [3.63, 3.8) is 0 Å². The summed E-state index contributed by atoms with van der Waals surface area (Å²) in [5.41, 5.74) is 2.86. The van der Waals surface area contributed by atoms with Crippen LogP contribution >= 0.6 is 11.6 Å². The van der Waals surface area contributed by atoms with Crippen LogP contribution in [0.2, 0.25) is 5.02 Å². The minimum atomic E-state index is -0.960. The molecule has 0 saturated carbocycles. The molecular weight excluding hydrogens is 280 g/mol. The third-order valence-corrected chi connectivity index (χ3v) is 4.30. The summed E-state index contributed by atoms with van der Waals surface area (Å²) in [5.74, 6) is 1.01. The fourth-order valence-electron chi connectivity index (χ4n) is 1.79. The topological polar surface area (TPSA) is 37.3 Å².